The fraction of sp³-hybridized carbons (Fsp3) is 0.222. The minimum Gasteiger partial charge on any atom is -0.479 e. The van der Waals surface area contributed by atoms with Gasteiger partial charge in [-0.25, -0.2) is 4.79 Å². The van der Waals surface area contributed by atoms with E-state index in [2.05, 4.69) is 0 Å². The maximum Gasteiger partial charge on any atom is 0.347 e. The van der Waals surface area contributed by atoms with E-state index in [1.807, 2.05) is 43.3 Å². The predicted octanol–water partition coefficient (Wildman–Crippen LogP) is 3.63. The molecule has 0 N–H and O–H groups in total. The van der Waals surface area contributed by atoms with E-state index in [0.29, 0.717) is 11.3 Å². The fourth-order valence-electron chi connectivity index (χ4n) is 1.92. The van der Waals surface area contributed by atoms with Crippen LogP contribution in [0.25, 0.3) is 0 Å². The standard InChI is InChI=1S/C18H17NO3/c1-13(16-6-4-3-5-7-16)22-18(20)14(2)21-17-10-8-15(12-19)9-11-17/h3-11,13-14H,1-2H3/t13-,14-/m1/s1. The summed E-state index contributed by atoms with van der Waals surface area (Å²) in [6.45, 7) is 3.46. The zero-order valence-corrected chi connectivity index (χ0v) is 12.5. The maximum absolute atomic E-state index is 12.1. The van der Waals surface area contributed by atoms with E-state index in [4.69, 9.17) is 14.7 Å². The molecule has 0 unspecified atom stereocenters. The molecular weight excluding hydrogens is 278 g/mol. The summed E-state index contributed by atoms with van der Waals surface area (Å²) < 4.78 is 10.9. The van der Waals surface area contributed by atoms with E-state index in [9.17, 15) is 4.79 Å². The Hall–Kier alpha value is -2.80. The summed E-state index contributed by atoms with van der Waals surface area (Å²) in [4.78, 5) is 12.1. The molecule has 0 amide bonds. The van der Waals surface area contributed by atoms with Crippen molar-refractivity contribution in [3.8, 4) is 11.8 Å². The lowest BCUT2D eigenvalue weighted by molar-refractivity contribution is -0.156. The van der Waals surface area contributed by atoms with E-state index < -0.39 is 12.1 Å². The Morgan fingerprint density at radius 2 is 1.68 bits per heavy atom. The van der Waals surface area contributed by atoms with Crippen LogP contribution in [0, 0.1) is 11.3 Å². The molecule has 0 bridgehead atoms. The minimum atomic E-state index is -0.723. The molecule has 0 saturated heterocycles. The van der Waals surface area contributed by atoms with Gasteiger partial charge in [-0.15, -0.1) is 0 Å². The second kappa shape index (κ2) is 7.28. The molecule has 2 aromatic rings. The Balaban J connectivity index is 1.93. The van der Waals surface area contributed by atoms with Crippen LogP contribution in [-0.4, -0.2) is 12.1 Å². The second-order valence-electron chi connectivity index (χ2n) is 4.89. The first kappa shape index (κ1) is 15.6. The number of esters is 1. The van der Waals surface area contributed by atoms with Gasteiger partial charge in [-0.1, -0.05) is 30.3 Å². The topological polar surface area (TPSA) is 59.3 Å². The number of carbonyl (C=O) groups excluding carboxylic acids is 1. The molecule has 0 radical (unpaired) electrons. The number of hydrogen-bond donors (Lipinski definition) is 0. The van der Waals surface area contributed by atoms with Crippen LogP contribution in [0.5, 0.6) is 5.75 Å². The SMILES string of the molecule is C[C@@H](Oc1ccc(C#N)cc1)C(=O)O[C@H](C)c1ccccc1. The lowest BCUT2D eigenvalue weighted by atomic mass is 10.1. The van der Waals surface area contributed by atoms with E-state index in [1.165, 1.54) is 0 Å². The summed E-state index contributed by atoms with van der Waals surface area (Å²) in [5.74, 6) is 0.0940. The number of benzene rings is 2. The van der Waals surface area contributed by atoms with Crippen molar-refractivity contribution in [3.05, 3.63) is 65.7 Å². The molecule has 2 atom stereocenters. The monoisotopic (exact) mass is 295 g/mol. The van der Waals surface area contributed by atoms with Gasteiger partial charge in [0.05, 0.1) is 11.6 Å². The fourth-order valence-corrected chi connectivity index (χ4v) is 1.92. The molecule has 0 saturated carbocycles. The van der Waals surface area contributed by atoms with Crippen molar-refractivity contribution in [2.75, 3.05) is 0 Å². The highest BCUT2D eigenvalue weighted by Crippen LogP contribution is 2.19. The Morgan fingerprint density at radius 1 is 1.05 bits per heavy atom. The summed E-state index contributed by atoms with van der Waals surface area (Å²) in [7, 11) is 0. The Labute approximate surface area is 129 Å². The van der Waals surface area contributed by atoms with Crippen LogP contribution in [0.2, 0.25) is 0 Å². The molecule has 2 rings (SSSR count). The molecule has 4 nitrogen and oxygen atoms in total. The third-order valence-corrected chi connectivity index (χ3v) is 3.19. The van der Waals surface area contributed by atoms with Gasteiger partial charge in [0.25, 0.3) is 0 Å². The summed E-state index contributed by atoms with van der Waals surface area (Å²) >= 11 is 0. The number of nitriles is 1. The van der Waals surface area contributed by atoms with Crippen LogP contribution in [0.15, 0.2) is 54.6 Å². The summed E-state index contributed by atoms with van der Waals surface area (Å²) in [5.41, 5.74) is 1.47. The van der Waals surface area contributed by atoms with Gasteiger partial charge < -0.3 is 9.47 Å². The third kappa shape index (κ3) is 4.10. The van der Waals surface area contributed by atoms with Gasteiger partial charge in [0.1, 0.15) is 11.9 Å². The van der Waals surface area contributed by atoms with Crippen LogP contribution < -0.4 is 4.74 Å². The van der Waals surface area contributed by atoms with Crippen molar-refractivity contribution in [2.24, 2.45) is 0 Å². The van der Waals surface area contributed by atoms with Gasteiger partial charge in [0.2, 0.25) is 0 Å². The third-order valence-electron chi connectivity index (χ3n) is 3.19. The predicted molar refractivity (Wildman–Crippen MR) is 82.2 cm³/mol. The first-order chi connectivity index (χ1) is 10.6. The first-order valence-corrected chi connectivity index (χ1v) is 7.02. The Bertz CT molecular complexity index is 659. The molecule has 112 valence electrons. The Kier molecular flexibility index (Phi) is 5.16. The van der Waals surface area contributed by atoms with E-state index in [1.54, 1.807) is 31.2 Å². The number of hydrogen-bond acceptors (Lipinski definition) is 4. The van der Waals surface area contributed by atoms with E-state index in [-0.39, 0.29) is 6.10 Å². The Morgan fingerprint density at radius 3 is 2.27 bits per heavy atom. The summed E-state index contributed by atoms with van der Waals surface area (Å²) in [6, 6.07) is 18.1. The summed E-state index contributed by atoms with van der Waals surface area (Å²) in [5, 5.41) is 8.74. The molecule has 0 heterocycles. The van der Waals surface area contributed by atoms with Crippen molar-refractivity contribution in [1.29, 1.82) is 5.26 Å². The van der Waals surface area contributed by atoms with Gasteiger partial charge in [0, 0.05) is 0 Å². The minimum absolute atomic E-state index is 0.333. The van der Waals surface area contributed by atoms with Crippen molar-refractivity contribution in [1.82, 2.24) is 0 Å². The highest BCUT2D eigenvalue weighted by molar-refractivity contribution is 5.75. The van der Waals surface area contributed by atoms with Gasteiger partial charge >= 0.3 is 5.97 Å². The van der Waals surface area contributed by atoms with Crippen molar-refractivity contribution in [3.63, 3.8) is 0 Å². The van der Waals surface area contributed by atoms with Crippen molar-refractivity contribution < 1.29 is 14.3 Å². The molecule has 0 aliphatic rings. The van der Waals surface area contributed by atoms with Crippen molar-refractivity contribution in [2.45, 2.75) is 26.1 Å². The average Bonchev–Trinajstić information content (AvgIpc) is 2.56. The number of nitrogens with zero attached hydrogens (tertiary/aromatic N) is 1. The van der Waals surface area contributed by atoms with Crippen LogP contribution in [0.4, 0.5) is 0 Å². The molecule has 0 aliphatic carbocycles. The zero-order chi connectivity index (χ0) is 15.9. The van der Waals surface area contributed by atoms with Crippen molar-refractivity contribution >= 4 is 5.97 Å². The molecule has 4 heteroatoms. The molecule has 0 aromatic heterocycles. The van der Waals surface area contributed by atoms with Gasteiger partial charge in [-0.2, -0.15) is 5.26 Å². The number of ether oxygens (including phenoxy) is 2. The number of carbonyl (C=O) groups is 1. The highest BCUT2D eigenvalue weighted by atomic mass is 16.6. The van der Waals surface area contributed by atoms with Gasteiger partial charge in [-0.3, -0.25) is 0 Å². The van der Waals surface area contributed by atoms with Gasteiger partial charge in [0.15, 0.2) is 6.10 Å². The molecule has 0 fully saturated rings. The lowest BCUT2D eigenvalue weighted by Crippen LogP contribution is -2.27. The van der Waals surface area contributed by atoms with Crippen LogP contribution in [-0.2, 0) is 9.53 Å². The van der Waals surface area contributed by atoms with Crippen LogP contribution in [0.3, 0.4) is 0 Å². The van der Waals surface area contributed by atoms with E-state index >= 15 is 0 Å². The van der Waals surface area contributed by atoms with E-state index in [0.717, 1.165) is 5.56 Å². The quantitative estimate of drug-likeness (QED) is 0.790. The molecular formula is C18H17NO3. The molecule has 22 heavy (non-hydrogen) atoms. The van der Waals surface area contributed by atoms with Crippen LogP contribution in [0.1, 0.15) is 31.1 Å². The van der Waals surface area contributed by atoms with Gasteiger partial charge in [-0.05, 0) is 43.7 Å². The summed E-state index contributed by atoms with van der Waals surface area (Å²) in [6.07, 6.45) is -1.06. The normalized spacial score (nSPS) is 12.8. The second-order valence-corrected chi connectivity index (χ2v) is 4.89. The molecule has 0 aliphatic heterocycles. The lowest BCUT2D eigenvalue weighted by Gasteiger charge is -2.18. The maximum atomic E-state index is 12.1. The highest BCUT2D eigenvalue weighted by Gasteiger charge is 2.19. The van der Waals surface area contributed by atoms with Crippen LogP contribution >= 0.6 is 0 Å². The first-order valence-electron chi connectivity index (χ1n) is 7.02. The molecule has 0 spiro atoms. The zero-order valence-electron chi connectivity index (χ0n) is 12.5. The number of rotatable bonds is 5. The smallest absolute Gasteiger partial charge is 0.347 e. The average molecular weight is 295 g/mol. The molecule has 2 aromatic carbocycles. The largest absolute Gasteiger partial charge is 0.479 e.